The van der Waals surface area contributed by atoms with E-state index < -0.39 is 5.54 Å². The predicted molar refractivity (Wildman–Crippen MR) is 131 cm³/mol. The number of carbonyl (C=O) groups excluding carboxylic acids is 1. The van der Waals surface area contributed by atoms with Crippen molar-refractivity contribution >= 4 is 17.8 Å². The maximum Gasteiger partial charge on any atom is 0.287 e. The fraction of sp³-hybridized carbons (Fsp3) is 0.192. The highest BCUT2D eigenvalue weighted by molar-refractivity contribution is 6.39. The largest absolute Gasteiger partial charge is 0.493 e. The van der Waals surface area contributed by atoms with Gasteiger partial charge in [0.1, 0.15) is 11.3 Å². The van der Waals surface area contributed by atoms with Gasteiger partial charge in [-0.1, -0.05) is 60.7 Å². The van der Waals surface area contributed by atoms with Crippen LogP contribution in [-0.4, -0.2) is 39.2 Å². The number of hydrogen-bond donors (Lipinski definition) is 2. The Balaban J connectivity index is 1.51. The van der Waals surface area contributed by atoms with Crippen LogP contribution in [0.3, 0.4) is 0 Å². The molecule has 1 heterocycles. The van der Waals surface area contributed by atoms with Crippen LogP contribution in [0.5, 0.6) is 17.2 Å². The Hall–Kier alpha value is -4.33. The summed E-state index contributed by atoms with van der Waals surface area (Å²) in [6.45, 7) is 0. The minimum Gasteiger partial charge on any atom is -0.493 e. The molecule has 1 aliphatic rings. The Labute approximate surface area is 198 Å². The zero-order valence-corrected chi connectivity index (χ0v) is 19.2. The Bertz CT molecular complexity index is 1150. The molecule has 0 aromatic heterocycles. The average Bonchev–Trinajstić information content (AvgIpc) is 3.36. The van der Waals surface area contributed by atoms with E-state index in [1.54, 1.807) is 12.1 Å². The number of benzene rings is 3. The summed E-state index contributed by atoms with van der Waals surface area (Å²) in [5.74, 6) is 1.09. The summed E-state index contributed by atoms with van der Waals surface area (Å²) in [4.78, 5) is 12.9. The van der Waals surface area contributed by atoms with E-state index in [-0.39, 0.29) is 5.91 Å². The van der Waals surface area contributed by atoms with Gasteiger partial charge in [0.2, 0.25) is 5.75 Å². The Morgan fingerprint density at radius 1 is 0.941 bits per heavy atom. The highest BCUT2D eigenvalue weighted by atomic mass is 16.5. The molecule has 1 aliphatic heterocycles. The summed E-state index contributed by atoms with van der Waals surface area (Å²) in [5.41, 5.74) is 8.22. The van der Waals surface area contributed by atoms with E-state index in [0.717, 1.165) is 11.1 Å². The van der Waals surface area contributed by atoms with Crippen LogP contribution in [0.2, 0.25) is 0 Å². The molecule has 8 nitrogen and oxygen atoms in total. The average molecular weight is 459 g/mol. The summed E-state index contributed by atoms with van der Waals surface area (Å²) < 4.78 is 16.0. The number of nitrogens with one attached hydrogen (secondary N) is 2. The molecule has 2 N–H and O–H groups in total. The van der Waals surface area contributed by atoms with Crippen molar-refractivity contribution in [2.45, 2.75) is 12.0 Å². The molecule has 174 valence electrons. The van der Waals surface area contributed by atoms with Gasteiger partial charge in [-0.05, 0) is 23.3 Å². The van der Waals surface area contributed by atoms with E-state index in [9.17, 15) is 4.79 Å². The molecular formula is C26H26N4O4. The van der Waals surface area contributed by atoms with Crippen molar-refractivity contribution in [1.82, 2.24) is 10.9 Å². The van der Waals surface area contributed by atoms with Gasteiger partial charge in [0.25, 0.3) is 5.91 Å². The van der Waals surface area contributed by atoms with E-state index in [0.29, 0.717) is 34.9 Å². The molecule has 0 fully saturated rings. The molecule has 0 saturated carbocycles. The fourth-order valence-electron chi connectivity index (χ4n) is 3.98. The van der Waals surface area contributed by atoms with Crippen LogP contribution < -0.4 is 25.1 Å². The maximum absolute atomic E-state index is 12.9. The molecule has 0 bridgehead atoms. The second kappa shape index (κ2) is 10.1. The standard InChI is InChI=1S/C26H26N4O4/c1-32-22-14-18(15-23(33-2)24(22)34-3)17-27-29-25(31)21-16-26(30-28-21,19-10-6-4-7-11-19)20-12-8-5-9-13-20/h4-15,17,30H,16H2,1-3H3,(H,29,31)/b27-17+. The van der Waals surface area contributed by atoms with Crippen molar-refractivity contribution in [3.8, 4) is 17.2 Å². The molecule has 0 spiro atoms. The summed E-state index contributed by atoms with van der Waals surface area (Å²) in [6, 6.07) is 23.4. The Morgan fingerprint density at radius 2 is 1.50 bits per heavy atom. The molecule has 1 amide bonds. The number of methoxy groups -OCH3 is 3. The van der Waals surface area contributed by atoms with Crippen LogP contribution in [0.4, 0.5) is 0 Å². The molecular weight excluding hydrogens is 432 g/mol. The van der Waals surface area contributed by atoms with Crippen molar-refractivity contribution in [3.63, 3.8) is 0 Å². The van der Waals surface area contributed by atoms with Crippen LogP contribution in [-0.2, 0) is 10.3 Å². The lowest BCUT2D eigenvalue weighted by molar-refractivity contribution is -0.114. The molecule has 0 saturated heterocycles. The topological polar surface area (TPSA) is 93.5 Å². The van der Waals surface area contributed by atoms with Crippen molar-refractivity contribution in [3.05, 3.63) is 89.5 Å². The zero-order chi connectivity index (χ0) is 24.0. The van der Waals surface area contributed by atoms with Crippen LogP contribution in [0.1, 0.15) is 23.1 Å². The van der Waals surface area contributed by atoms with E-state index in [1.165, 1.54) is 27.5 Å². The normalized spacial score (nSPS) is 14.3. The lowest BCUT2D eigenvalue weighted by Crippen LogP contribution is -2.38. The lowest BCUT2D eigenvalue weighted by atomic mass is 9.80. The van der Waals surface area contributed by atoms with Gasteiger partial charge in [-0.2, -0.15) is 10.2 Å². The third kappa shape index (κ3) is 4.43. The molecule has 0 unspecified atom stereocenters. The highest BCUT2D eigenvalue weighted by Crippen LogP contribution is 2.38. The summed E-state index contributed by atoms with van der Waals surface area (Å²) in [5, 5.41) is 8.47. The number of nitrogens with zero attached hydrogens (tertiary/aromatic N) is 2. The number of hydrazone groups is 2. The van der Waals surface area contributed by atoms with Gasteiger partial charge >= 0.3 is 0 Å². The number of carbonyl (C=O) groups is 1. The fourth-order valence-corrected chi connectivity index (χ4v) is 3.98. The summed E-state index contributed by atoms with van der Waals surface area (Å²) in [7, 11) is 4.61. The molecule has 4 rings (SSSR count). The van der Waals surface area contributed by atoms with Crippen molar-refractivity contribution in [1.29, 1.82) is 0 Å². The first-order valence-corrected chi connectivity index (χ1v) is 10.7. The molecule has 3 aromatic carbocycles. The van der Waals surface area contributed by atoms with Gasteiger partial charge in [-0.3, -0.25) is 10.2 Å². The van der Waals surface area contributed by atoms with Gasteiger partial charge < -0.3 is 14.2 Å². The second-order valence-corrected chi connectivity index (χ2v) is 7.64. The quantitative estimate of drug-likeness (QED) is 0.398. The van der Waals surface area contributed by atoms with Crippen LogP contribution in [0.15, 0.2) is 83.0 Å². The van der Waals surface area contributed by atoms with Gasteiger partial charge in [0.15, 0.2) is 11.5 Å². The number of amides is 1. The van der Waals surface area contributed by atoms with E-state index in [2.05, 4.69) is 21.1 Å². The Morgan fingerprint density at radius 3 is 2.00 bits per heavy atom. The first-order chi connectivity index (χ1) is 16.6. The highest BCUT2D eigenvalue weighted by Gasteiger charge is 2.41. The maximum atomic E-state index is 12.9. The van der Waals surface area contributed by atoms with Gasteiger partial charge in [0, 0.05) is 12.0 Å². The molecule has 8 heteroatoms. The number of rotatable bonds is 8. The molecule has 3 aromatic rings. The molecule has 0 aliphatic carbocycles. The van der Waals surface area contributed by atoms with E-state index in [1.807, 2.05) is 60.7 Å². The van der Waals surface area contributed by atoms with Crippen molar-refractivity contribution in [2.75, 3.05) is 21.3 Å². The third-order valence-corrected chi connectivity index (χ3v) is 5.68. The SMILES string of the molecule is COc1cc(/C=N/NC(=O)C2=NNC(c3ccccc3)(c3ccccc3)C2)cc(OC)c1OC. The van der Waals surface area contributed by atoms with Gasteiger partial charge in [-0.15, -0.1) is 0 Å². The molecule has 0 atom stereocenters. The van der Waals surface area contributed by atoms with Crippen molar-refractivity contribution < 1.29 is 19.0 Å². The van der Waals surface area contributed by atoms with Crippen LogP contribution in [0.25, 0.3) is 0 Å². The predicted octanol–water partition coefficient (Wildman–Crippen LogP) is 3.46. The van der Waals surface area contributed by atoms with Gasteiger partial charge in [-0.25, -0.2) is 5.43 Å². The van der Waals surface area contributed by atoms with Gasteiger partial charge in [0.05, 0.1) is 27.5 Å². The lowest BCUT2D eigenvalue weighted by Gasteiger charge is -2.30. The van der Waals surface area contributed by atoms with E-state index in [4.69, 9.17) is 14.2 Å². The number of ether oxygens (including phenoxy) is 3. The number of hydrogen-bond acceptors (Lipinski definition) is 7. The third-order valence-electron chi connectivity index (χ3n) is 5.68. The summed E-state index contributed by atoms with van der Waals surface area (Å²) in [6.07, 6.45) is 1.89. The van der Waals surface area contributed by atoms with Crippen LogP contribution in [0, 0.1) is 0 Å². The minimum absolute atomic E-state index is 0.356. The van der Waals surface area contributed by atoms with Crippen molar-refractivity contribution in [2.24, 2.45) is 10.2 Å². The second-order valence-electron chi connectivity index (χ2n) is 7.64. The molecule has 0 radical (unpaired) electrons. The summed E-state index contributed by atoms with van der Waals surface area (Å²) >= 11 is 0. The monoisotopic (exact) mass is 458 g/mol. The molecule has 34 heavy (non-hydrogen) atoms. The minimum atomic E-state index is -0.629. The first kappa shape index (κ1) is 22.8. The first-order valence-electron chi connectivity index (χ1n) is 10.7. The van der Waals surface area contributed by atoms with Crippen LogP contribution >= 0.6 is 0 Å². The zero-order valence-electron chi connectivity index (χ0n) is 19.2. The Kier molecular flexibility index (Phi) is 6.77. The van der Waals surface area contributed by atoms with E-state index >= 15 is 0 Å². The smallest absolute Gasteiger partial charge is 0.287 e.